The van der Waals surface area contributed by atoms with Gasteiger partial charge in [0.2, 0.25) is 15.9 Å². The van der Waals surface area contributed by atoms with Crippen LogP contribution in [0.15, 0.2) is 40.7 Å². The highest BCUT2D eigenvalue weighted by molar-refractivity contribution is 7.89. The topological polar surface area (TPSA) is 77.1 Å². The first-order valence-corrected chi connectivity index (χ1v) is 12.7. The van der Waals surface area contributed by atoms with Gasteiger partial charge in [-0.25, -0.2) is 17.8 Å². The number of thiazole rings is 1. The average molecular weight is 468 g/mol. The molecule has 3 heterocycles. The standard InChI is InChI=1S/C20H26FN5O3S2/c21-17-3-1-4-18(15-17)31(28,29)26-12-10-24(11-13-26)19(27)16-23-6-2-7-25(9-8-23)20-22-5-14-30-20/h1,3-5,14-15H,2,6-13,16H2. The molecule has 0 radical (unpaired) electrons. The number of halogens is 1. The Morgan fingerprint density at radius 3 is 2.58 bits per heavy atom. The van der Waals surface area contributed by atoms with E-state index in [-0.39, 0.29) is 23.9 Å². The molecule has 0 atom stereocenters. The summed E-state index contributed by atoms with van der Waals surface area (Å²) in [4.78, 5) is 23.3. The van der Waals surface area contributed by atoms with Crippen molar-refractivity contribution in [3.05, 3.63) is 41.7 Å². The van der Waals surface area contributed by atoms with Gasteiger partial charge in [-0.2, -0.15) is 4.31 Å². The number of piperazine rings is 1. The number of amides is 1. The van der Waals surface area contributed by atoms with Gasteiger partial charge in [-0.05, 0) is 24.6 Å². The van der Waals surface area contributed by atoms with E-state index < -0.39 is 15.8 Å². The molecule has 2 aliphatic heterocycles. The molecule has 2 aliphatic rings. The summed E-state index contributed by atoms with van der Waals surface area (Å²) in [7, 11) is -3.76. The summed E-state index contributed by atoms with van der Waals surface area (Å²) in [6.45, 7) is 4.84. The van der Waals surface area contributed by atoms with Crippen LogP contribution in [0.2, 0.25) is 0 Å². The fourth-order valence-corrected chi connectivity index (χ4v) is 6.09. The number of benzene rings is 1. The minimum Gasteiger partial charge on any atom is -0.347 e. The third-order valence-electron chi connectivity index (χ3n) is 5.66. The van der Waals surface area contributed by atoms with E-state index in [9.17, 15) is 17.6 Å². The highest BCUT2D eigenvalue weighted by Gasteiger charge is 2.31. The summed E-state index contributed by atoms with van der Waals surface area (Å²) in [6, 6.07) is 5.03. The van der Waals surface area contributed by atoms with Crippen molar-refractivity contribution in [2.75, 3.05) is 63.8 Å². The molecule has 0 saturated carbocycles. The summed E-state index contributed by atoms with van der Waals surface area (Å²) >= 11 is 1.62. The van der Waals surface area contributed by atoms with Gasteiger partial charge in [-0.3, -0.25) is 9.69 Å². The molecule has 1 aromatic heterocycles. The minimum absolute atomic E-state index is 0.0190. The fourth-order valence-electron chi connectivity index (χ4n) is 3.94. The molecule has 0 unspecified atom stereocenters. The maximum absolute atomic E-state index is 13.4. The van der Waals surface area contributed by atoms with Crippen molar-refractivity contribution < 1.29 is 17.6 Å². The van der Waals surface area contributed by atoms with Gasteiger partial charge in [0.25, 0.3) is 0 Å². The zero-order valence-electron chi connectivity index (χ0n) is 17.2. The summed E-state index contributed by atoms with van der Waals surface area (Å²) in [5, 5.41) is 2.99. The lowest BCUT2D eigenvalue weighted by atomic mass is 10.3. The Bertz CT molecular complexity index is 994. The number of sulfonamides is 1. The highest BCUT2D eigenvalue weighted by Crippen LogP contribution is 2.20. The predicted octanol–water partition coefficient (Wildman–Crippen LogP) is 1.33. The van der Waals surface area contributed by atoms with Crippen LogP contribution in [0.3, 0.4) is 0 Å². The zero-order chi connectivity index (χ0) is 21.8. The number of nitrogens with zero attached hydrogens (tertiary/aromatic N) is 5. The van der Waals surface area contributed by atoms with Crippen LogP contribution in [0.1, 0.15) is 6.42 Å². The average Bonchev–Trinajstić information content (AvgIpc) is 3.21. The zero-order valence-corrected chi connectivity index (χ0v) is 18.8. The number of rotatable bonds is 5. The Labute approximate surface area is 185 Å². The van der Waals surface area contributed by atoms with E-state index >= 15 is 0 Å². The maximum Gasteiger partial charge on any atom is 0.243 e. The molecule has 2 aromatic rings. The number of aromatic nitrogens is 1. The number of hydrogen-bond donors (Lipinski definition) is 0. The Kier molecular flexibility index (Phi) is 6.85. The van der Waals surface area contributed by atoms with Crippen LogP contribution in [0.5, 0.6) is 0 Å². The molecule has 1 aromatic carbocycles. The normalized spacial score (nSPS) is 19.4. The van der Waals surface area contributed by atoms with Gasteiger partial charge in [0, 0.05) is 63.9 Å². The molecule has 0 aliphatic carbocycles. The summed E-state index contributed by atoms with van der Waals surface area (Å²) in [5.41, 5.74) is 0. The smallest absolute Gasteiger partial charge is 0.243 e. The van der Waals surface area contributed by atoms with E-state index in [1.54, 1.807) is 22.4 Å². The van der Waals surface area contributed by atoms with E-state index in [1.807, 2.05) is 5.38 Å². The fraction of sp³-hybridized carbons (Fsp3) is 0.500. The van der Waals surface area contributed by atoms with Gasteiger partial charge in [0.1, 0.15) is 5.82 Å². The lowest BCUT2D eigenvalue weighted by Crippen LogP contribution is -2.52. The van der Waals surface area contributed by atoms with Gasteiger partial charge in [-0.1, -0.05) is 6.07 Å². The van der Waals surface area contributed by atoms with Crippen LogP contribution in [-0.2, 0) is 14.8 Å². The second kappa shape index (κ2) is 9.60. The van der Waals surface area contributed by atoms with Crippen LogP contribution >= 0.6 is 11.3 Å². The van der Waals surface area contributed by atoms with Gasteiger partial charge in [-0.15, -0.1) is 11.3 Å². The molecule has 2 fully saturated rings. The largest absolute Gasteiger partial charge is 0.347 e. The van der Waals surface area contributed by atoms with E-state index in [1.165, 1.54) is 22.5 Å². The molecule has 4 rings (SSSR count). The monoisotopic (exact) mass is 467 g/mol. The van der Waals surface area contributed by atoms with Gasteiger partial charge < -0.3 is 9.80 Å². The molecule has 0 bridgehead atoms. The first-order chi connectivity index (χ1) is 14.9. The predicted molar refractivity (Wildman–Crippen MR) is 117 cm³/mol. The van der Waals surface area contributed by atoms with Crippen LogP contribution < -0.4 is 4.90 Å². The third kappa shape index (κ3) is 5.22. The van der Waals surface area contributed by atoms with Crippen molar-refractivity contribution >= 4 is 32.4 Å². The van der Waals surface area contributed by atoms with Crippen LogP contribution in [0.4, 0.5) is 9.52 Å². The highest BCUT2D eigenvalue weighted by atomic mass is 32.2. The molecular weight excluding hydrogens is 441 g/mol. The summed E-state index contributed by atoms with van der Waals surface area (Å²) in [6.07, 6.45) is 2.77. The summed E-state index contributed by atoms with van der Waals surface area (Å²) in [5.74, 6) is -0.564. The summed E-state index contributed by atoms with van der Waals surface area (Å²) < 4.78 is 40.2. The third-order valence-corrected chi connectivity index (χ3v) is 8.39. The molecule has 2 saturated heterocycles. The Morgan fingerprint density at radius 1 is 1.06 bits per heavy atom. The van der Waals surface area contributed by atoms with Crippen molar-refractivity contribution in [3.8, 4) is 0 Å². The molecule has 8 nitrogen and oxygen atoms in total. The molecule has 0 spiro atoms. The molecular formula is C20H26FN5O3S2. The van der Waals surface area contributed by atoms with E-state index in [0.29, 0.717) is 19.6 Å². The van der Waals surface area contributed by atoms with E-state index in [4.69, 9.17) is 0 Å². The van der Waals surface area contributed by atoms with Crippen LogP contribution in [0, 0.1) is 5.82 Å². The minimum atomic E-state index is -3.76. The first kappa shape index (κ1) is 22.1. The van der Waals surface area contributed by atoms with Crippen molar-refractivity contribution in [2.45, 2.75) is 11.3 Å². The number of carbonyl (C=O) groups excluding carboxylic acids is 1. The molecule has 1 amide bonds. The molecule has 11 heteroatoms. The van der Waals surface area contributed by atoms with Crippen molar-refractivity contribution in [1.82, 2.24) is 19.1 Å². The van der Waals surface area contributed by atoms with E-state index in [2.05, 4.69) is 14.8 Å². The first-order valence-electron chi connectivity index (χ1n) is 10.3. The van der Waals surface area contributed by atoms with Crippen LogP contribution in [-0.4, -0.2) is 92.3 Å². The lowest BCUT2D eigenvalue weighted by molar-refractivity contribution is -0.133. The van der Waals surface area contributed by atoms with Gasteiger partial charge in [0.15, 0.2) is 5.13 Å². The number of anilines is 1. The quantitative estimate of drug-likeness (QED) is 0.660. The lowest BCUT2D eigenvalue weighted by Gasteiger charge is -2.35. The van der Waals surface area contributed by atoms with Gasteiger partial charge >= 0.3 is 0 Å². The van der Waals surface area contributed by atoms with Crippen molar-refractivity contribution in [3.63, 3.8) is 0 Å². The van der Waals surface area contributed by atoms with Crippen molar-refractivity contribution in [1.29, 1.82) is 0 Å². The Balaban J connectivity index is 1.28. The number of carbonyl (C=O) groups is 1. The Morgan fingerprint density at radius 2 is 1.87 bits per heavy atom. The second-order valence-corrected chi connectivity index (χ2v) is 10.5. The number of hydrogen-bond acceptors (Lipinski definition) is 7. The maximum atomic E-state index is 13.4. The van der Waals surface area contributed by atoms with Gasteiger partial charge in [0.05, 0.1) is 11.4 Å². The van der Waals surface area contributed by atoms with Crippen LogP contribution in [0.25, 0.3) is 0 Å². The second-order valence-electron chi connectivity index (χ2n) is 7.67. The van der Waals surface area contributed by atoms with Crippen molar-refractivity contribution in [2.24, 2.45) is 0 Å². The molecule has 0 N–H and O–H groups in total. The SMILES string of the molecule is O=C(CN1CCCN(c2nccs2)CC1)N1CCN(S(=O)(=O)c2cccc(F)c2)CC1. The van der Waals surface area contributed by atoms with E-state index in [0.717, 1.165) is 43.8 Å². The Hall–Kier alpha value is -2.08. The molecule has 31 heavy (non-hydrogen) atoms. The molecule has 168 valence electrons.